The largest absolute Gasteiger partial charge is 0.381 e. The Balaban J connectivity index is 1.89. The lowest BCUT2D eigenvalue weighted by Gasteiger charge is -2.15. The quantitative estimate of drug-likeness (QED) is 0.891. The maximum Gasteiger partial charge on any atom is 0.183 e. The fourth-order valence-corrected chi connectivity index (χ4v) is 3.29. The van der Waals surface area contributed by atoms with Gasteiger partial charge in [-0.05, 0) is 31.2 Å². The molecule has 1 aromatic heterocycles. The lowest BCUT2D eigenvalue weighted by atomic mass is 10.1. The van der Waals surface area contributed by atoms with Crippen LogP contribution in [0.1, 0.15) is 12.2 Å². The topological polar surface area (TPSA) is 53.6 Å². The molecule has 94 valence electrons. The van der Waals surface area contributed by atoms with E-state index in [9.17, 15) is 0 Å². The molecule has 4 nitrogen and oxygen atoms in total. The van der Waals surface area contributed by atoms with Crippen LogP contribution in [-0.2, 0) is 0 Å². The van der Waals surface area contributed by atoms with Gasteiger partial charge in [0, 0.05) is 23.0 Å². The number of H-pyrrole nitrogens is 1. The van der Waals surface area contributed by atoms with E-state index in [-0.39, 0.29) is 0 Å². The number of anilines is 1. The molecular formula is C13H16N4S. The van der Waals surface area contributed by atoms with Gasteiger partial charge in [-0.25, -0.2) is 4.98 Å². The molecule has 0 aliphatic carbocycles. The van der Waals surface area contributed by atoms with Gasteiger partial charge in [0.25, 0.3) is 0 Å². The van der Waals surface area contributed by atoms with Crippen molar-refractivity contribution in [3.8, 4) is 11.4 Å². The Morgan fingerprint density at radius 2 is 2.28 bits per heavy atom. The monoisotopic (exact) mass is 260 g/mol. The molecule has 1 unspecified atom stereocenters. The molecule has 1 aliphatic heterocycles. The number of aromatic amines is 1. The second-order valence-electron chi connectivity index (χ2n) is 4.49. The van der Waals surface area contributed by atoms with Crippen molar-refractivity contribution in [3.05, 3.63) is 30.1 Å². The third-order valence-electron chi connectivity index (χ3n) is 3.05. The van der Waals surface area contributed by atoms with Gasteiger partial charge >= 0.3 is 0 Å². The van der Waals surface area contributed by atoms with E-state index in [1.165, 1.54) is 17.9 Å². The van der Waals surface area contributed by atoms with Gasteiger partial charge in [0.05, 0.1) is 0 Å². The Morgan fingerprint density at radius 1 is 1.39 bits per heavy atom. The first-order valence-electron chi connectivity index (χ1n) is 6.15. The highest BCUT2D eigenvalue weighted by Gasteiger charge is 2.17. The number of benzene rings is 1. The zero-order chi connectivity index (χ0) is 12.4. The standard InChI is InChI=1S/C13H16N4S/c1-9-14-13(17-16-9)11-4-2-3-5-12(11)15-10-6-7-18-8-10/h2-5,10,15H,6-8H2,1H3,(H,14,16,17). The van der Waals surface area contributed by atoms with Crippen molar-refractivity contribution in [3.63, 3.8) is 0 Å². The van der Waals surface area contributed by atoms with Crippen LogP contribution >= 0.6 is 11.8 Å². The van der Waals surface area contributed by atoms with Crippen LogP contribution in [-0.4, -0.2) is 32.7 Å². The fourth-order valence-electron chi connectivity index (χ4n) is 2.14. The van der Waals surface area contributed by atoms with E-state index in [1.54, 1.807) is 0 Å². The summed E-state index contributed by atoms with van der Waals surface area (Å²) in [6, 6.07) is 8.80. The highest BCUT2D eigenvalue weighted by Crippen LogP contribution is 2.28. The van der Waals surface area contributed by atoms with E-state index in [2.05, 4.69) is 32.6 Å². The minimum Gasteiger partial charge on any atom is -0.381 e. The first kappa shape index (κ1) is 11.6. The van der Waals surface area contributed by atoms with Crippen molar-refractivity contribution in [1.82, 2.24) is 15.2 Å². The van der Waals surface area contributed by atoms with Crippen LogP contribution in [0.3, 0.4) is 0 Å². The Bertz CT molecular complexity index is 531. The fraction of sp³-hybridized carbons (Fsp3) is 0.385. The summed E-state index contributed by atoms with van der Waals surface area (Å²) in [5.41, 5.74) is 2.20. The van der Waals surface area contributed by atoms with Crippen LogP contribution in [0.15, 0.2) is 24.3 Å². The van der Waals surface area contributed by atoms with Crippen LogP contribution in [0.2, 0.25) is 0 Å². The maximum absolute atomic E-state index is 4.40. The normalized spacial score (nSPS) is 19.1. The first-order valence-corrected chi connectivity index (χ1v) is 7.31. The van der Waals surface area contributed by atoms with Crippen LogP contribution in [0, 0.1) is 6.92 Å². The summed E-state index contributed by atoms with van der Waals surface area (Å²) in [6.45, 7) is 1.92. The van der Waals surface area contributed by atoms with Gasteiger partial charge in [-0.15, -0.1) is 0 Å². The van der Waals surface area contributed by atoms with Gasteiger partial charge in [0.2, 0.25) is 0 Å². The Kier molecular flexibility index (Phi) is 3.23. The third kappa shape index (κ3) is 2.36. The van der Waals surface area contributed by atoms with E-state index < -0.39 is 0 Å². The average Bonchev–Trinajstić information content (AvgIpc) is 3.02. The first-order chi connectivity index (χ1) is 8.83. The molecule has 1 saturated heterocycles. The summed E-state index contributed by atoms with van der Waals surface area (Å²) in [7, 11) is 0. The summed E-state index contributed by atoms with van der Waals surface area (Å²) in [5.74, 6) is 4.04. The molecule has 1 atom stereocenters. The molecule has 1 fully saturated rings. The Morgan fingerprint density at radius 3 is 3.00 bits per heavy atom. The third-order valence-corrected chi connectivity index (χ3v) is 4.22. The zero-order valence-electron chi connectivity index (χ0n) is 10.3. The number of nitrogens with one attached hydrogen (secondary N) is 2. The zero-order valence-corrected chi connectivity index (χ0v) is 11.1. The van der Waals surface area contributed by atoms with Crippen LogP contribution in [0.25, 0.3) is 11.4 Å². The number of hydrogen-bond acceptors (Lipinski definition) is 4. The van der Waals surface area contributed by atoms with Gasteiger partial charge < -0.3 is 5.32 Å². The van der Waals surface area contributed by atoms with Crippen LogP contribution < -0.4 is 5.32 Å². The molecule has 1 aliphatic rings. The molecule has 1 aromatic carbocycles. The average molecular weight is 260 g/mol. The summed E-state index contributed by atoms with van der Waals surface area (Å²) in [6.07, 6.45) is 1.23. The lowest BCUT2D eigenvalue weighted by molar-refractivity contribution is 0.813. The highest BCUT2D eigenvalue weighted by molar-refractivity contribution is 7.99. The molecular weight excluding hydrogens is 244 g/mol. The van der Waals surface area contributed by atoms with E-state index in [0.717, 1.165) is 22.9 Å². The number of rotatable bonds is 3. The number of aromatic nitrogens is 3. The minimum absolute atomic E-state index is 0.566. The number of para-hydroxylation sites is 1. The van der Waals surface area contributed by atoms with Crippen LogP contribution in [0.5, 0.6) is 0 Å². The van der Waals surface area contributed by atoms with Gasteiger partial charge in [-0.2, -0.15) is 16.9 Å². The van der Waals surface area contributed by atoms with Crippen molar-refractivity contribution in [1.29, 1.82) is 0 Å². The molecule has 0 bridgehead atoms. The van der Waals surface area contributed by atoms with Crippen molar-refractivity contribution >= 4 is 17.4 Å². The number of aryl methyl sites for hydroxylation is 1. The van der Waals surface area contributed by atoms with Gasteiger partial charge in [-0.1, -0.05) is 12.1 Å². The smallest absolute Gasteiger partial charge is 0.183 e. The molecule has 5 heteroatoms. The molecule has 0 spiro atoms. The molecule has 0 saturated carbocycles. The minimum atomic E-state index is 0.566. The second kappa shape index (κ2) is 5.02. The van der Waals surface area contributed by atoms with E-state index in [4.69, 9.17) is 0 Å². The molecule has 2 N–H and O–H groups in total. The second-order valence-corrected chi connectivity index (χ2v) is 5.64. The molecule has 0 radical (unpaired) electrons. The van der Waals surface area contributed by atoms with Crippen LogP contribution in [0.4, 0.5) is 5.69 Å². The summed E-state index contributed by atoms with van der Waals surface area (Å²) in [5, 5.41) is 10.7. The van der Waals surface area contributed by atoms with E-state index in [1.807, 2.05) is 30.8 Å². The van der Waals surface area contributed by atoms with Crippen molar-refractivity contribution in [2.24, 2.45) is 0 Å². The van der Waals surface area contributed by atoms with Crippen molar-refractivity contribution in [2.75, 3.05) is 16.8 Å². The Labute approximate surface area is 111 Å². The lowest BCUT2D eigenvalue weighted by Crippen LogP contribution is -2.18. The summed E-state index contributed by atoms with van der Waals surface area (Å²) in [4.78, 5) is 4.40. The SMILES string of the molecule is Cc1nc(-c2ccccc2NC2CCSC2)n[nH]1. The van der Waals surface area contributed by atoms with E-state index in [0.29, 0.717) is 6.04 Å². The molecule has 0 amide bonds. The predicted octanol–water partition coefficient (Wildman–Crippen LogP) is 2.70. The van der Waals surface area contributed by atoms with Gasteiger partial charge in [0.1, 0.15) is 5.82 Å². The van der Waals surface area contributed by atoms with Gasteiger partial charge in [0.15, 0.2) is 5.82 Å². The van der Waals surface area contributed by atoms with Crippen molar-refractivity contribution < 1.29 is 0 Å². The summed E-state index contributed by atoms with van der Waals surface area (Å²) >= 11 is 2.01. The van der Waals surface area contributed by atoms with Crippen molar-refractivity contribution in [2.45, 2.75) is 19.4 Å². The number of nitrogens with zero attached hydrogens (tertiary/aromatic N) is 2. The molecule has 2 aromatic rings. The molecule has 18 heavy (non-hydrogen) atoms. The number of thioether (sulfide) groups is 1. The molecule has 2 heterocycles. The molecule has 3 rings (SSSR count). The van der Waals surface area contributed by atoms with E-state index >= 15 is 0 Å². The maximum atomic E-state index is 4.40. The highest BCUT2D eigenvalue weighted by atomic mass is 32.2. The predicted molar refractivity (Wildman–Crippen MR) is 75.9 cm³/mol. The number of hydrogen-bond donors (Lipinski definition) is 2. The summed E-state index contributed by atoms with van der Waals surface area (Å²) < 4.78 is 0. The Hall–Kier alpha value is -1.49. The van der Waals surface area contributed by atoms with Gasteiger partial charge in [-0.3, -0.25) is 5.10 Å².